The van der Waals surface area contributed by atoms with E-state index in [2.05, 4.69) is 5.32 Å². The SMILES string of the molecule is CN(c1ccccc1)S(=O)(=O)c1ccccc1C(=O)NCCc1ccccc1. The van der Waals surface area contributed by atoms with Gasteiger partial charge in [-0.15, -0.1) is 0 Å². The van der Waals surface area contributed by atoms with Crippen molar-refractivity contribution in [3.8, 4) is 0 Å². The van der Waals surface area contributed by atoms with Crippen molar-refractivity contribution in [3.05, 3.63) is 96.1 Å². The zero-order chi connectivity index (χ0) is 20.0. The van der Waals surface area contributed by atoms with Gasteiger partial charge in [-0.2, -0.15) is 0 Å². The summed E-state index contributed by atoms with van der Waals surface area (Å²) in [5.74, 6) is -0.406. The normalized spacial score (nSPS) is 11.0. The maximum absolute atomic E-state index is 13.1. The molecule has 144 valence electrons. The van der Waals surface area contributed by atoms with Crippen molar-refractivity contribution in [1.82, 2.24) is 5.32 Å². The Morgan fingerprint density at radius 1 is 0.857 bits per heavy atom. The zero-order valence-electron chi connectivity index (χ0n) is 15.6. The van der Waals surface area contributed by atoms with Gasteiger partial charge in [0, 0.05) is 13.6 Å². The van der Waals surface area contributed by atoms with Crippen LogP contribution in [0.3, 0.4) is 0 Å². The number of nitrogens with one attached hydrogen (secondary N) is 1. The Morgan fingerprint density at radius 3 is 2.11 bits per heavy atom. The minimum absolute atomic E-state index is 0.0152. The number of para-hydroxylation sites is 1. The summed E-state index contributed by atoms with van der Waals surface area (Å²) in [6, 6.07) is 24.8. The van der Waals surface area contributed by atoms with Crippen LogP contribution in [0, 0.1) is 0 Å². The van der Waals surface area contributed by atoms with Crippen LogP contribution >= 0.6 is 0 Å². The maximum atomic E-state index is 13.1. The van der Waals surface area contributed by atoms with Gasteiger partial charge in [-0.1, -0.05) is 60.7 Å². The topological polar surface area (TPSA) is 66.5 Å². The van der Waals surface area contributed by atoms with E-state index < -0.39 is 15.9 Å². The van der Waals surface area contributed by atoms with Crippen molar-refractivity contribution in [2.24, 2.45) is 0 Å². The maximum Gasteiger partial charge on any atom is 0.264 e. The molecule has 3 aromatic rings. The predicted octanol–water partition coefficient (Wildman–Crippen LogP) is 3.48. The highest BCUT2D eigenvalue weighted by Gasteiger charge is 2.26. The van der Waals surface area contributed by atoms with Gasteiger partial charge in [0.2, 0.25) is 0 Å². The number of hydrogen-bond acceptors (Lipinski definition) is 3. The zero-order valence-corrected chi connectivity index (χ0v) is 16.4. The molecular formula is C22H22N2O3S. The fourth-order valence-electron chi connectivity index (χ4n) is 2.86. The first-order chi connectivity index (χ1) is 13.5. The summed E-state index contributed by atoms with van der Waals surface area (Å²) in [5.41, 5.74) is 1.77. The highest BCUT2D eigenvalue weighted by Crippen LogP contribution is 2.24. The number of amides is 1. The van der Waals surface area contributed by atoms with Crippen molar-refractivity contribution in [2.45, 2.75) is 11.3 Å². The lowest BCUT2D eigenvalue weighted by atomic mass is 10.1. The van der Waals surface area contributed by atoms with E-state index in [0.29, 0.717) is 18.7 Å². The molecule has 0 fully saturated rings. The van der Waals surface area contributed by atoms with Crippen LogP contribution in [-0.4, -0.2) is 27.9 Å². The smallest absolute Gasteiger partial charge is 0.264 e. The Morgan fingerprint density at radius 2 is 1.43 bits per heavy atom. The standard InChI is InChI=1S/C22H22N2O3S/c1-24(19-12-6-3-7-13-19)28(26,27)21-15-9-8-14-20(21)22(25)23-17-16-18-10-4-2-5-11-18/h2-15H,16-17H2,1H3,(H,23,25). The monoisotopic (exact) mass is 394 g/mol. The minimum Gasteiger partial charge on any atom is -0.352 e. The van der Waals surface area contributed by atoms with Crippen LogP contribution in [-0.2, 0) is 16.4 Å². The van der Waals surface area contributed by atoms with Crippen LogP contribution in [0.2, 0.25) is 0 Å². The first-order valence-electron chi connectivity index (χ1n) is 8.95. The minimum atomic E-state index is -3.87. The Hall–Kier alpha value is -3.12. The molecule has 0 aromatic heterocycles. The van der Waals surface area contributed by atoms with Crippen molar-refractivity contribution in [1.29, 1.82) is 0 Å². The number of hydrogen-bond donors (Lipinski definition) is 1. The third-order valence-electron chi connectivity index (χ3n) is 4.43. The lowest BCUT2D eigenvalue weighted by Gasteiger charge is -2.21. The predicted molar refractivity (Wildman–Crippen MR) is 111 cm³/mol. The van der Waals surface area contributed by atoms with Crippen molar-refractivity contribution < 1.29 is 13.2 Å². The Labute approximate surface area is 165 Å². The average molecular weight is 394 g/mol. The number of carbonyl (C=O) groups excluding carboxylic acids is 1. The molecule has 0 heterocycles. The second kappa shape index (κ2) is 8.71. The lowest BCUT2D eigenvalue weighted by Crippen LogP contribution is -2.31. The highest BCUT2D eigenvalue weighted by atomic mass is 32.2. The Balaban J connectivity index is 1.79. The van der Waals surface area contributed by atoms with Gasteiger partial charge in [0.05, 0.1) is 11.3 Å². The van der Waals surface area contributed by atoms with Gasteiger partial charge in [-0.25, -0.2) is 8.42 Å². The van der Waals surface area contributed by atoms with Crippen LogP contribution < -0.4 is 9.62 Å². The van der Waals surface area contributed by atoms with Gasteiger partial charge in [-0.3, -0.25) is 9.10 Å². The van der Waals surface area contributed by atoms with E-state index in [4.69, 9.17) is 0 Å². The van der Waals surface area contributed by atoms with E-state index in [0.717, 1.165) is 5.56 Å². The van der Waals surface area contributed by atoms with Gasteiger partial charge in [0.15, 0.2) is 0 Å². The molecule has 3 aromatic carbocycles. The Kier molecular flexibility index (Phi) is 6.11. The molecule has 28 heavy (non-hydrogen) atoms. The molecule has 3 rings (SSSR count). The quantitative estimate of drug-likeness (QED) is 0.667. The van der Waals surface area contributed by atoms with Crippen molar-refractivity contribution in [2.75, 3.05) is 17.9 Å². The highest BCUT2D eigenvalue weighted by molar-refractivity contribution is 7.92. The molecule has 6 heteroatoms. The van der Waals surface area contributed by atoms with E-state index >= 15 is 0 Å². The van der Waals surface area contributed by atoms with E-state index in [9.17, 15) is 13.2 Å². The summed E-state index contributed by atoms with van der Waals surface area (Å²) in [6.07, 6.45) is 0.672. The first kappa shape index (κ1) is 19.6. The van der Waals surface area contributed by atoms with Crippen molar-refractivity contribution in [3.63, 3.8) is 0 Å². The van der Waals surface area contributed by atoms with Crippen LogP contribution in [0.1, 0.15) is 15.9 Å². The molecule has 0 saturated carbocycles. The number of benzene rings is 3. The van der Waals surface area contributed by atoms with E-state index in [-0.39, 0.29) is 10.5 Å². The summed E-state index contributed by atoms with van der Waals surface area (Å²) in [5, 5.41) is 2.82. The van der Waals surface area contributed by atoms with Crippen molar-refractivity contribution >= 4 is 21.6 Å². The largest absolute Gasteiger partial charge is 0.352 e. The second-order valence-electron chi connectivity index (χ2n) is 6.30. The first-order valence-corrected chi connectivity index (χ1v) is 10.4. The molecule has 0 aliphatic rings. The van der Waals surface area contributed by atoms with Crippen LogP contribution in [0.25, 0.3) is 0 Å². The van der Waals surface area contributed by atoms with Gasteiger partial charge < -0.3 is 5.32 Å². The lowest BCUT2D eigenvalue weighted by molar-refractivity contribution is 0.0951. The fraction of sp³-hybridized carbons (Fsp3) is 0.136. The summed E-state index contributed by atoms with van der Waals surface area (Å²) in [4.78, 5) is 12.7. The van der Waals surface area contributed by atoms with Crippen LogP contribution in [0.5, 0.6) is 0 Å². The third-order valence-corrected chi connectivity index (χ3v) is 6.28. The van der Waals surface area contributed by atoms with Crippen LogP contribution in [0.15, 0.2) is 89.8 Å². The number of carbonyl (C=O) groups is 1. The molecule has 0 aliphatic heterocycles. The summed E-state index contributed by atoms with van der Waals surface area (Å²) < 4.78 is 27.4. The number of rotatable bonds is 7. The molecule has 1 amide bonds. The number of sulfonamides is 1. The molecule has 0 saturated heterocycles. The molecule has 0 bridgehead atoms. The van der Waals surface area contributed by atoms with Gasteiger partial charge in [0.1, 0.15) is 4.90 Å². The molecule has 0 radical (unpaired) electrons. The fourth-order valence-corrected chi connectivity index (χ4v) is 4.25. The van der Waals surface area contributed by atoms with Crippen LogP contribution in [0.4, 0.5) is 5.69 Å². The molecule has 0 spiro atoms. The molecule has 0 unspecified atom stereocenters. The van der Waals surface area contributed by atoms with E-state index in [1.54, 1.807) is 36.4 Å². The van der Waals surface area contributed by atoms with E-state index in [1.165, 1.54) is 23.5 Å². The second-order valence-corrected chi connectivity index (χ2v) is 8.23. The molecule has 5 nitrogen and oxygen atoms in total. The number of nitrogens with zero attached hydrogens (tertiary/aromatic N) is 1. The number of anilines is 1. The molecule has 0 atom stereocenters. The Bertz CT molecular complexity index is 1040. The van der Waals surface area contributed by atoms with Gasteiger partial charge >= 0.3 is 0 Å². The third kappa shape index (κ3) is 4.40. The molecule has 0 aliphatic carbocycles. The van der Waals surface area contributed by atoms with Gasteiger partial charge in [-0.05, 0) is 36.2 Å². The summed E-state index contributed by atoms with van der Waals surface area (Å²) in [7, 11) is -2.39. The summed E-state index contributed by atoms with van der Waals surface area (Å²) >= 11 is 0. The summed E-state index contributed by atoms with van der Waals surface area (Å²) in [6.45, 7) is 0.422. The van der Waals surface area contributed by atoms with Gasteiger partial charge in [0.25, 0.3) is 15.9 Å². The average Bonchev–Trinajstić information content (AvgIpc) is 2.74. The van der Waals surface area contributed by atoms with E-state index in [1.807, 2.05) is 36.4 Å². The molecular weight excluding hydrogens is 372 g/mol. The molecule has 1 N–H and O–H groups in total.